The van der Waals surface area contributed by atoms with E-state index in [4.69, 9.17) is 11.6 Å². The predicted octanol–water partition coefficient (Wildman–Crippen LogP) is 5.14. The van der Waals surface area contributed by atoms with Gasteiger partial charge in [-0.3, -0.25) is 14.2 Å². The number of thioether (sulfide) groups is 1. The molecule has 2 aromatic heterocycles. The quantitative estimate of drug-likeness (QED) is 0.344. The van der Waals surface area contributed by atoms with Crippen LogP contribution < -0.4 is 10.9 Å². The number of nitrogens with one attached hydrogen (secondary N) is 1. The maximum absolute atomic E-state index is 13.0. The lowest BCUT2D eigenvalue weighted by Crippen LogP contribution is -2.22. The first-order valence-electron chi connectivity index (χ1n) is 8.77. The number of halogens is 1. The predicted molar refractivity (Wildman–Crippen MR) is 121 cm³/mol. The third-order valence-corrected chi connectivity index (χ3v) is 6.49. The molecule has 146 valence electrons. The van der Waals surface area contributed by atoms with E-state index >= 15 is 0 Å². The number of fused-ring (bicyclic) bond motifs is 1. The highest BCUT2D eigenvalue weighted by molar-refractivity contribution is 7.99. The van der Waals surface area contributed by atoms with Crippen LogP contribution in [-0.4, -0.2) is 21.2 Å². The van der Waals surface area contributed by atoms with Gasteiger partial charge in [-0.25, -0.2) is 4.98 Å². The summed E-state index contributed by atoms with van der Waals surface area (Å²) >= 11 is 8.70. The zero-order chi connectivity index (χ0) is 20.4. The lowest BCUT2D eigenvalue weighted by atomic mass is 10.2. The summed E-state index contributed by atoms with van der Waals surface area (Å²) in [5.41, 5.74) is 2.80. The Bertz CT molecular complexity index is 1250. The number of nitrogens with zero attached hydrogens (tertiary/aromatic N) is 2. The van der Waals surface area contributed by atoms with Crippen LogP contribution in [0.5, 0.6) is 0 Å². The Balaban J connectivity index is 1.61. The molecule has 0 atom stereocenters. The summed E-state index contributed by atoms with van der Waals surface area (Å²) in [7, 11) is 0. The Morgan fingerprint density at radius 2 is 2.00 bits per heavy atom. The number of thiophene rings is 1. The first kappa shape index (κ1) is 19.7. The Hall–Kier alpha value is -2.61. The van der Waals surface area contributed by atoms with Gasteiger partial charge < -0.3 is 5.32 Å². The largest absolute Gasteiger partial charge is 0.325 e. The van der Waals surface area contributed by atoms with Crippen molar-refractivity contribution >= 4 is 56.5 Å². The van der Waals surface area contributed by atoms with Crippen molar-refractivity contribution in [2.24, 2.45) is 0 Å². The number of rotatable bonds is 5. The lowest BCUT2D eigenvalue weighted by molar-refractivity contribution is -0.113. The lowest BCUT2D eigenvalue weighted by Gasteiger charge is -2.12. The van der Waals surface area contributed by atoms with E-state index < -0.39 is 0 Å². The van der Waals surface area contributed by atoms with Gasteiger partial charge in [-0.15, -0.1) is 11.3 Å². The van der Waals surface area contributed by atoms with Gasteiger partial charge in [-0.05, 0) is 48.2 Å². The van der Waals surface area contributed by atoms with E-state index in [1.165, 1.54) is 23.1 Å². The molecule has 2 aromatic carbocycles. The molecule has 29 heavy (non-hydrogen) atoms. The van der Waals surface area contributed by atoms with Gasteiger partial charge in [-0.2, -0.15) is 0 Å². The minimum Gasteiger partial charge on any atom is -0.325 e. The molecular formula is C21H16ClN3O2S2. The topological polar surface area (TPSA) is 64.0 Å². The summed E-state index contributed by atoms with van der Waals surface area (Å²) in [5.74, 6) is -0.0883. The number of amides is 1. The van der Waals surface area contributed by atoms with E-state index in [2.05, 4.69) is 10.3 Å². The molecule has 2 heterocycles. The van der Waals surface area contributed by atoms with Gasteiger partial charge >= 0.3 is 0 Å². The molecule has 0 saturated carbocycles. The van der Waals surface area contributed by atoms with Gasteiger partial charge in [0.1, 0.15) is 4.70 Å². The van der Waals surface area contributed by atoms with Crippen LogP contribution in [0.15, 0.2) is 69.9 Å². The zero-order valence-electron chi connectivity index (χ0n) is 15.4. The highest BCUT2D eigenvalue weighted by atomic mass is 35.5. The van der Waals surface area contributed by atoms with Crippen LogP contribution in [0, 0.1) is 6.92 Å². The van der Waals surface area contributed by atoms with Gasteiger partial charge in [0.15, 0.2) is 5.16 Å². The smallest absolute Gasteiger partial charge is 0.276 e. The van der Waals surface area contributed by atoms with E-state index in [9.17, 15) is 9.59 Å². The van der Waals surface area contributed by atoms with Crippen molar-refractivity contribution in [2.45, 2.75) is 12.1 Å². The van der Waals surface area contributed by atoms with Crippen molar-refractivity contribution in [1.29, 1.82) is 0 Å². The fourth-order valence-electron chi connectivity index (χ4n) is 2.79. The van der Waals surface area contributed by atoms with Crippen molar-refractivity contribution in [2.75, 3.05) is 11.1 Å². The van der Waals surface area contributed by atoms with Crippen LogP contribution in [-0.2, 0) is 4.79 Å². The van der Waals surface area contributed by atoms with Crippen LogP contribution in [0.3, 0.4) is 0 Å². The summed E-state index contributed by atoms with van der Waals surface area (Å²) < 4.78 is 2.15. The van der Waals surface area contributed by atoms with Crippen LogP contribution in [0.25, 0.3) is 15.9 Å². The number of benzene rings is 2. The SMILES string of the molecule is Cc1ccc(NC(=O)CSc2nc3ccsc3c(=O)n2-c2ccccc2)cc1Cl. The first-order chi connectivity index (χ1) is 14.0. The zero-order valence-corrected chi connectivity index (χ0v) is 17.8. The Kier molecular flexibility index (Phi) is 5.71. The molecule has 0 radical (unpaired) electrons. The molecule has 1 amide bonds. The van der Waals surface area contributed by atoms with Crippen LogP contribution in [0.4, 0.5) is 5.69 Å². The Morgan fingerprint density at radius 1 is 1.21 bits per heavy atom. The summed E-state index contributed by atoms with van der Waals surface area (Å²) in [6, 6.07) is 16.5. The van der Waals surface area contributed by atoms with Gasteiger partial charge in [0.2, 0.25) is 5.91 Å². The van der Waals surface area contributed by atoms with Crippen molar-refractivity contribution < 1.29 is 4.79 Å². The molecule has 4 aromatic rings. The van der Waals surface area contributed by atoms with E-state index in [1.807, 2.05) is 54.8 Å². The standard InChI is InChI=1S/C21H16ClN3O2S2/c1-13-7-8-14(11-16(13)22)23-18(26)12-29-21-24-17-9-10-28-19(17)20(27)25(21)15-5-3-2-4-6-15/h2-11H,12H2,1H3,(H,23,26). The fourth-order valence-corrected chi connectivity index (χ4v) is 4.54. The molecule has 8 heteroatoms. The molecule has 0 fully saturated rings. The number of anilines is 1. The number of aryl methyl sites for hydroxylation is 1. The number of para-hydroxylation sites is 1. The molecule has 0 saturated heterocycles. The number of hydrogen-bond donors (Lipinski definition) is 1. The van der Waals surface area contributed by atoms with Crippen molar-refractivity contribution in [3.05, 3.63) is 80.9 Å². The number of hydrogen-bond acceptors (Lipinski definition) is 5. The van der Waals surface area contributed by atoms with E-state index in [0.717, 1.165) is 5.56 Å². The van der Waals surface area contributed by atoms with Crippen LogP contribution >= 0.6 is 34.7 Å². The number of carbonyl (C=O) groups excluding carboxylic acids is 1. The maximum atomic E-state index is 13.0. The molecule has 4 rings (SSSR count). The van der Waals surface area contributed by atoms with Crippen LogP contribution in [0.2, 0.25) is 5.02 Å². The third-order valence-electron chi connectivity index (χ3n) is 4.25. The summed E-state index contributed by atoms with van der Waals surface area (Å²) in [6.45, 7) is 1.90. The van der Waals surface area contributed by atoms with Crippen molar-refractivity contribution in [1.82, 2.24) is 9.55 Å². The normalized spacial score (nSPS) is 11.0. The van der Waals surface area contributed by atoms with Crippen molar-refractivity contribution in [3.63, 3.8) is 0 Å². The Labute approximate surface area is 180 Å². The molecule has 5 nitrogen and oxygen atoms in total. The van der Waals surface area contributed by atoms with Gasteiger partial charge in [0.05, 0.1) is 17.0 Å². The Morgan fingerprint density at radius 3 is 2.76 bits per heavy atom. The van der Waals surface area contributed by atoms with E-state index in [0.29, 0.717) is 31.8 Å². The second kappa shape index (κ2) is 8.41. The second-order valence-corrected chi connectivity index (χ2v) is 8.57. The molecule has 1 N–H and O–H groups in total. The second-order valence-electron chi connectivity index (χ2n) is 6.31. The van der Waals surface area contributed by atoms with Gasteiger partial charge in [0, 0.05) is 10.7 Å². The minimum absolute atomic E-state index is 0.112. The molecule has 0 spiro atoms. The average molecular weight is 442 g/mol. The summed E-state index contributed by atoms with van der Waals surface area (Å²) in [4.78, 5) is 30.1. The van der Waals surface area contributed by atoms with Crippen LogP contribution in [0.1, 0.15) is 5.56 Å². The average Bonchev–Trinajstić information content (AvgIpc) is 3.19. The van der Waals surface area contributed by atoms with Gasteiger partial charge in [-0.1, -0.05) is 47.6 Å². The molecule has 0 aliphatic rings. The summed E-state index contributed by atoms with van der Waals surface area (Å²) in [5, 5.41) is 5.74. The monoisotopic (exact) mass is 441 g/mol. The molecule has 0 aliphatic heterocycles. The minimum atomic E-state index is -0.200. The van der Waals surface area contributed by atoms with E-state index in [1.54, 1.807) is 16.7 Å². The number of aromatic nitrogens is 2. The van der Waals surface area contributed by atoms with Crippen molar-refractivity contribution in [3.8, 4) is 5.69 Å². The molecular weight excluding hydrogens is 426 g/mol. The molecule has 0 unspecified atom stereocenters. The third kappa shape index (κ3) is 4.22. The fraction of sp³-hybridized carbons (Fsp3) is 0.0952. The highest BCUT2D eigenvalue weighted by Gasteiger charge is 2.15. The highest BCUT2D eigenvalue weighted by Crippen LogP contribution is 2.24. The summed E-state index contributed by atoms with van der Waals surface area (Å²) in [6.07, 6.45) is 0. The van der Waals surface area contributed by atoms with Gasteiger partial charge in [0.25, 0.3) is 5.56 Å². The van der Waals surface area contributed by atoms with E-state index in [-0.39, 0.29) is 17.2 Å². The molecule has 0 aliphatic carbocycles. The number of carbonyl (C=O) groups is 1. The first-order valence-corrected chi connectivity index (χ1v) is 11.0. The maximum Gasteiger partial charge on any atom is 0.276 e. The molecule has 0 bridgehead atoms.